The number of hydrogen-bond donors (Lipinski definition) is 2. The van der Waals surface area contributed by atoms with Gasteiger partial charge in [-0.1, -0.05) is 0 Å². The number of hydrogen-bond acceptors (Lipinski definition) is 3. The van der Waals surface area contributed by atoms with Gasteiger partial charge in [0.2, 0.25) is 0 Å². The minimum atomic E-state index is -0.188. The predicted molar refractivity (Wildman–Crippen MR) is 34.0 cm³/mol. The number of aliphatic hydroxyl groups excluding tert-OH is 1. The van der Waals surface area contributed by atoms with Gasteiger partial charge in [0.05, 0.1) is 12.2 Å². The molecule has 1 unspecified atom stereocenters. The molecule has 0 saturated carbocycles. The Morgan fingerprint density at radius 2 is 2.44 bits per heavy atom. The molecule has 0 bridgehead atoms. The van der Waals surface area contributed by atoms with Crippen molar-refractivity contribution in [1.29, 1.82) is 0 Å². The molecule has 1 aliphatic rings. The summed E-state index contributed by atoms with van der Waals surface area (Å²) in [5.74, 6) is 0. The van der Waals surface area contributed by atoms with E-state index in [4.69, 9.17) is 15.6 Å². The lowest BCUT2D eigenvalue weighted by Gasteiger charge is -2.24. The van der Waals surface area contributed by atoms with Crippen LogP contribution in [-0.2, 0) is 4.74 Å². The zero-order valence-corrected chi connectivity index (χ0v) is 5.42. The van der Waals surface area contributed by atoms with E-state index in [1.54, 1.807) is 0 Å². The van der Waals surface area contributed by atoms with Crippen LogP contribution in [0.2, 0.25) is 0 Å². The van der Waals surface area contributed by atoms with Gasteiger partial charge in [-0.15, -0.1) is 0 Å². The first kappa shape index (κ1) is 6.99. The molecule has 54 valence electrons. The molecule has 0 radical (unpaired) electrons. The number of aliphatic hydroxyl groups is 1. The third kappa shape index (κ3) is 1.93. The molecule has 3 heteroatoms. The van der Waals surface area contributed by atoms with Crippen LogP contribution >= 0.6 is 0 Å². The summed E-state index contributed by atoms with van der Waals surface area (Å²) in [5.41, 5.74) is 5.33. The zero-order chi connectivity index (χ0) is 6.69. The maximum absolute atomic E-state index is 9.08. The molecule has 1 heterocycles. The highest BCUT2D eigenvalue weighted by Crippen LogP contribution is 2.11. The summed E-state index contributed by atoms with van der Waals surface area (Å²) in [6, 6.07) is 0. The average Bonchev–Trinajstić information content (AvgIpc) is 1.88. The van der Waals surface area contributed by atoms with E-state index in [9.17, 15) is 0 Å². The van der Waals surface area contributed by atoms with Crippen LogP contribution < -0.4 is 5.73 Å². The summed E-state index contributed by atoms with van der Waals surface area (Å²) in [6.07, 6.45) is 1.37. The van der Waals surface area contributed by atoms with Crippen LogP contribution in [0, 0.1) is 0 Å². The van der Waals surface area contributed by atoms with Crippen molar-refractivity contribution in [3.8, 4) is 0 Å². The Hall–Kier alpha value is -0.120. The summed E-state index contributed by atoms with van der Waals surface area (Å²) in [6.45, 7) is 1.18. The molecule has 9 heavy (non-hydrogen) atoms. The number of ether oxygens (including phenoxy) is 1. The molecular weight excluding hydrogens is 118 g/mol. The molecule has 1 aliphatic heterocycles. The second-order valence-electron chi connectivity index (χ2n) is 2.41. The molecule has 0 spiro atoms. The zero-order valence-electron chi connectivity index (χ0n) is 5.42. The highest BCUT2D eigenvalue weighted by molar-refractivity contribution is 4.70. The van der Waals surface area contributed by atoms with Gasteiger partial charge < -0.3 is 15.6 Å². The lowest BCUT2D eigenvalue weighted by molar-refractivity contribution is -0.0383. The maximum atomic E-state index is 9.08. The van der Waals surface area contributed by atoms with Crippen molar-refractivity contribution < 1.29 is 9.84 Å². The highest BCUT2D eigenvalue weighted by atomic mass is 16.5. The first-order valence-electron chi connectivity index (χ1n) is 3.32. The molecule has 1 rings (SSSR count). The van der Waals surface area contributed by atoms with Crippen LogP contribution in [0.1, 0.15) is 12.8 Å². The Kier molecular flexibility index (Phi) is 2.45. The smallest absolute Gasteiger partial charge is 0.0721 e. The molecule has 0 amide bonds. The molecule has 0 aliphatic carbocycles. The first-order valence-corrected chi connectivity index (χ1v) is 3.32. The van der Waals surface area contributed by atoms with Crippen molar-refractivity contribution in [3.05, 3.63) is 0 Å². The van der Waals surface area contributed by atoms with Crippen molar-refractivity contribution in [2.24, 2.45) is 5.73 Å². The largest absolute Gasteiger partial charge is 0.393 e. The van der Waals surface area contributed by atoms with Crippen LogP contribution in [0.5, 0.6) is 0 Å². The number of nitrogens with two attached hydrogens (primary N) is 1. The Labute approximate surface area is 54.8 Å². The molecule has 0 aromatic heterocycles. The molecule has 3 N–H and O–H groups in total. The summed E-state index contributed by atoms with van der Waals surface area (Å²) in [4.78, 5) is 0. The van der Waals surface area contributed by atoms with E-state index >= 15 is 0 Å². The van der Waals surface area contributed by atoms with Crippen LogP contribution in [0.4, 0.5) is 0 Å². The van der Waals surface area contributed by atoms with E-state index in [-0.39, 0.29) is 12.2 Å². The van der Waals surface area contributed by atoms with Gasteiger partial charge in [-0.05, 0) is 6.42 Å². The number of rotatable bonds is 1. The van der Waals surface area contributed by atoms with Gasteiger partial charge in [0.15, 0.2) is 0 Å². The molecule has 1 fully saturated rings. The fourth-order valence-corrected chi connectivity index (χ4v) is 1.02. The molecular formula is C6H13NO2. The SMILES string of the molecule is NC[C@H]1CC(O)CCO1. The van der Waals surface area contributed by atoms with Crippen molar-refractivity contribution in [2.45, 2.75) is 25.0 Å². The Morgan fingerprint density at radius 3 is 2.89 bits per heavy atom. The first-order chi connectivity index (χ1) is 4.33. The highest BCUT2D eigenvalue weighted by Gasteiger charge is 2.18. The van der Waals surface area contributed by atoms with Crippen molar-refractivity contribution in [2.75, 3.05) is 13.2 Å². The fraction of sp³-hybridized carbons (Fsp3) is 1.00. The van der Waals surface area contributed by atoms with E-state index in [0.717, 1.165) is 6.42 Å². The quantitative estimate of drug-likeness (QED) is 0.503. The van der Waals surface area contributed by atoms with Gasteiger partial charge in [-0.2, -0.15) is 0 Å². The summed E-state index contributed by atoms with van der Waals surface area (Å²) >= 11 is 0. The fourth-order valence-electron chi connectivity index (χ4n) is 1.02. The maximum Gasteiger partial charge on any atom is 0.0721 e. The van der Waals surface area contributed by atoms with Crippen LogP contribution in [0.3, 0.4) is 0 Å². The van der Waals surface area contributed by atoms with Crippen LogP contribution in [0.15, 0.2) is 0 Å². The van der Waals surface area contributed by atoms with E-state index in [1.807, 2.05) is 0 Å². The van der Waals surface area contributed by atoms with E-state index in [1.165, 1.54) is 0 Å². The van der Waals surface area contributed by atoms with Crippen LogP contribution in [-0.4, -0.2) is 30.5 Å². The standard InChI is InChI=1S/C6H13NO2/c7-4-6-3-5(8)1-2-9-6/h5-6,8H,1-4,7H2/t5?,6-/m1/s1. The van der Waals surface area contributed by atoms with Gasteiger partial charge in [0.25, 0.3) is 0 Å². The Bertz CT molecular complexity index is 87.1. The Balaban J connectivity index is 2.23. The normalized spacial score (nSPS) is 36.7. The average molecular weight is 131 g/mol. The second-order valence-corrected chi connectivity index (χ2v) is 2.41. The van der Waals surface area contributed by atoms with Gasteiger partial charge >= 0.3 is 0 Å². The molecule has 2 atom stereocenters. The molecule has 3 nitrogen and oxygen atoms in total. The molecule has 0 aromatic rings. The predicted octanol–water partition coefficient (Wildman–Crippen LogP) is -0.515. The second kappa shape index (κ2) is 3.15. The monoisotopic (exact) mass is 131 g/mol. The summed E-state index contributed by atoms with van der Waals surface area (Å²) < 4.78 is 5.21. The Morgan fingerprint density at radius 1 is 1.67 bits per heavy atom. The lowest BCUT2D eigenvalue weighted by Crippen LogP contribution is -2.34. The molecule has 0 aromatic carbocycles. The minimum Gasteiger partial charge on any atom is -0.393 e. The van der Waals surface area contributed by atoms with Gasteiger partial charge in [-0.3, -0.25) is 0 Å². The van der Waals surface area contributed by atoms with Crippen LogP contribution in [0.25, 0.3) is 0 Å². The third-order valence-corrected chi connectivity index (χ3v) is 1.60. The summed E-state index contributed by atoms with van der Waals surface area (Å²) in [7, 11) is 0. The third-order valence-electron chi connectivity index (χ3n) is 1.60. The van der Waals surface area contributed by atoms with E-state index < -0.39 is 0 Å². The summed E-state index contributed by atoms with van der Waals surface area (Å²) in [5, 5.41) is 9.08. The van der Waals surface area contributed by atoms with Crippen molar-refractivity contribution >= 4 is 0 Å². The molecule has 1 saturated heterocycles. The van der Waals surface area contributed by atoms with E-state index in [2.05, 4.69) is 0 Å². The van der Waals surface area contributed by atoms with E-state index in [0.29, 0.717) is 19.6 Å². The van der Waals surface area contributed by atoms with Gasteiger partial charge in [0.1, 0.15) is 0 Å². The topological polar surface area (TPSA) is 55.5 Å². The lowest BCUT2D eigenvalue weighted by atomic mass is 10.1. The van der Waals surface area contributed by atoms with Crippen molar-refractivity contribution in [3.63, 3.8) is 0 Å². The van der Waals surface area contributed by atoms with Crippen molar-refractivity contribution in [1.82, 2.24) is 0 Å². The minimum absolute atomic E-state index is 0.0914. The van der Waals surface area contributed by atoms with Gasteiger partial charge in [-0.25, -0.2) is 0 Å². The van der Waals surface area contributed by atoms with Gasteiger partial charge in [0, 0.05) is 19.6 Å².